The number of anilines is 2. The lowest BCUT2D eigenvalue weighted by molar-refractivity contribution is -0.117. The highest BCUT2D eigenvalue weighted by Gasteiger charge is 2.21. The summed E-state index contributed by atoms with van der Waals surface area (Å²) >= 11 is 1.65. The van der Waals surface area contributed by atoms with E-state index in [1.54, 1.807) is 11.3 Å². The summed E-state index contributed by atoms with van der Waals surface area (Å²) in [7, 11) is 0. The molecule has 5 rings (SSSR count). The van der Waals surface area contributed by atoms with E-state index in [0.717, 1.165) is 67.6 Å². The highest BCUT2D eigenvalue weighted by Crippen LogP contribution is 2.29. The molecule has 1 aliphatic heterocycles. The zero-order chi connectivity index (χ0) is 19.6. The third kappa shape index (κ3) is 4.13. The van der Waals surface area contributed by atoms with Crippen LogP contribution in [0.5, 0.6) is 0 Å². The molecule has 1 fully saturated rings. The zero-order valence-corrected chi connectivity index (χ0v) is 17.3. The van der Waals surface area contributed by atoms with Gasteiger partial charge in [-0.25, -0.2) is 9.97 Å². The van der Waals surface area contributed by atoms with Gasteiger partial charge in [0.05, 0.1) is 23.3 Å². The molecule has 0 radical (unpaired) electrons. The van der Waals surface area contributed by atoms with Crippen LogP contribution in [0.3, 0.4) is 0 Å². The number of hydrogen-bond donors (Lipinski definition) is 2. The van der Waals surface area contributed by atoms with Crippen molar-refractivity contribution in [2.45, 2.75) is 32.1 Å². The summed E-state index contributed by atoms with van der Waals surface area (Å²) in [5.41, 5.74) is 3.25. The van der Waals surface area contributed by atoms with Crippen LogP contribution in [0.4, 0.5) is 11.1 Å². The van der Waals surface area contributed by atoms with Crippen LogP contribution >= 0.6 is 11.3 Å². The van der Waals surface area contributed by atoms with Gasteiger partial charge < -0.3 is 15.2 Å². The Morgan fingerprint density at radius 3 is 2.86 bits per heavy atom. The molecule has 0 unspecified atom stereocenters. The highest BCUT2D eigenvalue weighted by molar-refractivity contribution is 7.15. The number of aromatic nitrogens is 3. The minimum absolute atomic E-state index is 0.0354. The van der Waals surface area contributed by atoms with Gasteiger partial charge in [0.1, 0.15) is 0 Å². The van der Waals surface area contributed by atoms with Crippen molar-refractivity contribution in [3.63, 3.8) is 0 Å². The number of para-hydroxylation sites is 2. The number of carbonyl (C=O) groups excluding carboxylic acids is 1. The second-order valence-electron chi connectivity index (χ2n) is 7.84. The molecular formula is C21H26N6OS. The summed E-state index contributed by atoms with van der Waals surface area (Å²) in [6.45, 7) is 3.98. The van der Waals surface area contributed by atoms with Crippen molar-refractivity contribution in [3.8, 4) is 0 Å². The number of imidazole rings is 1. The molecule has 2 aromatic heterocycles. The smallest absolute Gasteiger partial charge is 0.240 e. The Morgan fingerprint density at radius 2 is 1.97 bits per heavy atom. The molecule has 0 atom stereocenters. The Labute approximate surface area is 174 Å². The Bertz CT molecular complexity index is 955. The van der Waals surface area contributed by atoms with Gasteiger partial charge in [0.25, 0.3) is 0 Å². The molecule has 7 nitrogen and oxygen atoms in total. The summed E-state index contributed by atoms with van der Waals surface area (Å²) in [6.07, 6.45) is 5.60. The van der Waals surface area contributed by atoms with Crippen molar-refractivity contribution >= 4 is 39.4 Å². The number of benzene rings is 1. The SMILES string of the molecule is O=C(CN1CCCN(c2nc3ccccc3[nH]2)CC1)Nc1nc2c(s1)CCCC2. The number of rotatable bonds is 4. The number of hydrogen-bond acceptors (Lipinski definition) is 6. The normalized spacial score (nSPS) is 17.9. The van der Waals surface area contributed by atoms with Gasteiger partial charge in [-0.1, -0.05) is 12.1 Å². The van der Waals surface area contributed by atoms with Crippen molar-refractivity contribution in [1.29, 1.82) is 0 Å². The van der Waals surface area contributed by atoms with Crippen LogP contribution in [0.15, 0.2) is 24.3 Å². The van der Waals surface area contributed by atoms with E-state index in [0.29, 0.717) is 6.54 Å². The summed E-state index contributed by atoms with van der Waals surface area (Å²) in [5, 5.41) is 3.79. The molecule has 2 aliphatic rings. The van der Waals surface area contributed by atoms with Gasteiger partial charge in [0, 0.05) is 31.1 Å². The fraction of sp³-hybridized carbons (Fsp3) is 0.476. The quantitative estimate of drug-likeness (QED) is 0.691. The number of amides is 1. The van der Waals surface area contributed by atoms with E-state index in [2.05, 4.69) is 31.2 Å². The van der Waals surface area contributed by atoms with Gasteiger partial charge in [-0.2, -0.15) is 0 Å². The molecule has 0 saturated carbocycles. The number of H-pyrrole nitrogens is 1. The fourth-order valence-electron chi connectivity index (χ4n) is 4.20. The molecule has 1 saturated heterocycles. The van der Waals surface area contributed by atoms with Crippen LogP contribution in [-0.4, -0.2) is 58.5 Å². The fourth-order valence-corrected chi connectivity index (χ4v) is 5.26. The third-order valence-corrected chi connectivity index (χ3v) is 6.80. The summed E-state index contributed by atoms with van der Waals surface area (Å²) in [6, 6.07) is 8.11. The van der Waals surface area contributed by atoms with Crippen LogP contribution in [0.2, 0.25) is 0 Å². The van der Waals surface area contributed by atoms with Crippen LogP contribution in [0, 0.1) is 0 Å². The molecule has 0 spiro atoms. The van der Waals surface area contributed by atoms with E-state index in [1.807, 2.05) is 18.2 Å². The molecule has 152 valence electrons. The van der Waals surface area contributed by atoms with Crippen LogP contribution in [0.25, 0.3) is 11.0 Å². The van der Waals surface area contributed by atoms with Crippen molar-refractivity contribution < 1.29 is 4.79 Å². The second-order valence-corrected chi connectivity index (χ2v) is 8.92. The van der Waals surface area contributed by atoms with Gasteiger partial charge in [-0.05, 0) is 44.2 Å². The van der Waals surface area contributed by atoms with Gasteiger partial charge >= 0.3 is 0 Å². The van der Waals surface area contributed by atoms with Crippen molar-refractivity contribution in [1.82, 2.24) is 19.9 Å². The van der Waals surface area contributed by atoms with E-state index in [1.165, 1.54) is 23.4 Å². The van der Waals surface area contributed by atoms with E-state index in [-0.39, 0.29) is 5.91 Å². The van der Waals surface area contributed by atoms with Crippen LogP contribution < -0.4 is 10.2 Å². The summed E-state index contributed by atoms with van der Waals surface area (Å²) < 4.78 is 0. The minimum atomic E-state index is 0.0354. The van der Waals surface area contributed by atoms with Crippen molar-refractivity contribution in [2.24, 2.45) is 0 Å². The molecule has 8 heteroatoms. The maximum atomic E-state index is 12.6. The number of carbonyl (C=O) groups is 1. The molecular weight excluding hydrogens is 384 g/mol. The molecule has 1 amide bonds. The number of fused-ring (bicyclic) bond motifs is 2. The number of aromatic amines is 1. The first-order chi connectivity index (χ1) is 14.2. The first-order valence-electron chi connectivity index (χ1n) is 10.4. The number of thiazole rings is 1. The predicted octanol–water partition coefficient (Wildman–Crippen LogP) is 3.05. The third-order valence-electron chi connectivity index (χ3n) is 5.72. The number of nitrogens with zero attached hydrogens (tertiary/aromatic N) is 4. The molecule has 3 heterocycles. The van der Waals surface area contributed by atoms with Crippen LogP contribution in [0.1, 0.15) is 29.8 Å². The Hall–Kier alpha value is -2.45. The van der Waals surface area contributed by atoms with Gasteiger partial charge in [-0.15, -0.1) is 11.3 Å². The molecule has 2 N–H and O–H groups in total. The van der Waals surface area contributed by atoms with Gasteiger partial charge in [0.2, 0.25) is 11.9 Å². The van der Waals surface area contributed by atoms with Gasteiger partial charge in [0.15, 0.2) is 5.13 Å². The standard InChI is InChI=1S/C21H26N6OS/c28-19(25-21-24-17-8-3-4-9-18(17)29-21)14-26-10-5-11-27(13-12-26)20-22-15-6-1-2-7-16(15)23-20/h1-2,6-7H,3-5,8-14H2,(H,22,23)(H,24,25,28). The predicted molar refractivity (Wildman–Crippen MR) is 117 cm³/mol. The molecule has 3 aromatic rings. The van der Waals surface area contributed by atoms with E-state index >= 15 is 0 Å². The van der Waals surface area contributed by atoms with E-state index in [4.69, 9.17) is 4.98 Å². The highest BCUT2D eigenvalue weighted by atomic mass is 32.1. The Balaban J connectivity index is 1.17. The largest absolute Gasteiger partial charge is 0.341 e. The number of aryl methyl sites for hydroxylation is 2. The lowest BCUT2D eigenvalue weighted by Gasteiger charge is -2.20. The lowest BCUT2D eigenvalue weighted by atomic mass is 10.0. The zero-order valence-electron chi connectivity index (χ0n) is 16.5. The van der Waals surface area contributed by atoms with E-state index < -0.39 is 0 Å². The maximum Gasteiger partial charge on any atom is 0.240 e. The monoisotopic (exact) mass is 410 g/mol. The van der Waals surface area contributed by atoms with Crippen LogP contribution in [-0.2, 0) is 17.6 Å². The first-order valence-corrected chi connectivity index (χ1v) is 11.3. The first kappa shape index (κ1) is 18.6. The van der Waals surface area contributed by atoms with Gasteiger partial charge in [-0.3, -0.25) is 9.69 Å². The topological polar surface area (TPSA) is 77.2 Å². The Morgan fingerprint density at radius 1 is 1.07 bits per heavy atom. The molecule has 1 aromatic carbocycles. The lowest BCUT2D eigenvalue weighted by Crippen LogP contribution is -2.36. The molecule has 0 bridgehead atoms. The minimum Gasteiger partial charge on any atom is -0.341 e. The maximum absolute atomic E-state index is 12.6. The van der Waals surface area contributed by atoms with Crippen molar-refractivity contribution in [3.05, 3.63) is 34.8 Å². The van der Waals surface area contributed by atoms with Crippen molar-refractivity contribution in [2.75, 3.05) is 42.9 Å². The Kier molecular flexibility index (Phi) is 5.20. The summed E-state index contributed by atoms with van der Waals surface area (Å²) in [4.78, 5) is 31.2. The van der Waals surface area contributed by atoms with E-state index in [9.17, 15) is 4.79 Å². The second kappa shape index (κ2) is 8.12. The molecule has 1 aliphatic carbocycles. The number of nitrogens with one attached hydrogen (secondary N) is 2. The molecule has 29 heavy (non-hydrogen) atoms. The summed E-state index contributed by atoms with van der Waals surface area (Å²) in [5.74, 6) is 0.958. The average molecular weight is 411 g/mol. The average Bonchev–Trinajstić information content (AvgIpc) is 3.26.